The fraction of sp³-hybridized carbons (Fsp3) is 0.660. The van der Waals surface area contributed by atoms with Gasteiger partial charge in [-0.3, -0.25) is 57.5 Å². The standard InChI is InChI=1S/C47H79N15O16S/c1-7-21(3)35(44(74)58-30(17-33(51)65)43(73)56-28(12-13-34(66)67)40(70)59-31(19-79)47(77)78)60-41(71)27(11-9-10-14-48)55-42(72)29(15-25-18-52-20-53-25)57-45(75)36(22(4)8-2)61-46(76)37(24(6)63)62-38(68)23(5)54-39(69)26(49)16-32(50)64/h18,20-24,26-31,35-37,63,79H,7-17,19,48-49H2,1-6H3,(H2,50,64)(H2,51,65)(H,52,53)(H,54,69)(H,55,72)(H,56,73)(H,57,75)(H,58,74)(H,59,70)(H,60,71)(H,61,76)(H,62,68)(H,66,67)(H,77,78)/t21-,22-,23-,24+,26-,27-,28-,29-,30-,31-,35-,36-,37-/m0/s1. The van der Waals surface area contributed by atoms with E-state index in [-0.39, 0.29) is 44.4 Å². The van der Waals surface area contributed by atoms with Crippen LogP contribution < -0.4 is 70.8 Å². The number of carbonyl (C=O) groups excluding carboxylic acids is 11. The number of H-pyrrole nitrogens is 1. The fourth-order valence-corrected chi connectivity index (χ4v) is 7.59. The van der Waals surface area contributed by atoms with Gasteiger partial charge in [0.1, 0.15) is 54.4 Å². The number of thiol groups is 1. The summed E-state index contributed by atoms with van der Waals surface area (Å²) < 4.78 is 0. The summed E-state index contributed by atoms with van der Waals surface area (Å²) in [6.07, 6.45) is -0.729. The molecule has 13 atom stereocenters. The van der Waals surface area contributed by atoms with Crippen LogP contribution in [0.15, 0.2) is 12.5 Å². The van der Waals surface area contributed by atoms with Gasteiger partial charge >= 0.3 is 11.9 Å². The molecule has 0 radical (unpaired) electrons. The number of aliphatic hydroxyl groups is 1. The van der Waals surface area contributed by atoms with Crippen molar-refractivity contribution in [3.63, 3.8) is 0 Å². The van der Waals surface area contributed by atoms with Crippen LogP contribution in [-0.4, -0.2) is 181 Å². The van der Waals surface area contributed by atoms with Crippen molar-refractivity contribution in [1.29, 1.82) is 0 Å². The number of aliphatic carboxylic acids is 2. The third-order valence-corrected chi connectivity index (χ3v) is 12.8. The molecule has 0 unspecified atom stereocenters. The smallest absolute Gasteiger partial charge is 0.327 e. The Hall–Kier alpha value is -7.45. The largest absolute Gasteiger partial charge is 0.481 e. The van der Waals surface area contributed by atoms with Gasteiger partial charge < -0.3 is 91.1 Å². The molecule has 1 heterocycles. The average molecular weight is 1140 g/mol. The number of carbonyl (C=O) groups is 13. The van der Waals surface area contributed by atoms with E-state index in [1.807, 2.05) is 0 Å². The highest BCUT2D eigenvalue weighted by molar-refractivity contribution is 7.80. The minimum Gasteiger partial charge on any atom is -0.481 e. The summed E-state index contributed by atoms with van der Waals surface area (Å²) in [6, 6.07) is -15.3. The molecule has 79 heavy (non-hydrogen) atoms. The molecule has 1 aromatic heterocycles. The van der Waals surface area contributed by atoms with Crippen LogP contribution >= 0.6 is 12.6 Å². The van der Waals surface area contributed by atoms with E-state index in [1.165, 1.54) is 26.4 Å². The van der Waals surface area contributed by atoms with Crippen molar-refractivity contribution >= 4 is 89.5 Å². The molecule has 444 valence electrons. The Morgan fingerprint density at radius 3 is 1.51 bits per heavy atom. The topological polar surface area (TPSA) is 524 Å². The summed E-state index contributed by atoms with van der Waals surface area (Å²) >= 11 is 3.88. The number of carboxylic acid groups (broad SMARTS) is 2. The average Bonchev–Trinajstić information content (AvgIpc) is 3.90. The van der Waals surface area contributed by atoms with E-state index in [0.717, 1.165) is 0 Å². The van der Waals surface area contributed by atoms with Crippen LogP contribution in [0.3, 0.4) is 0 Å². The van der Waals surface area contributed by atoms with Crippen LogP contribution in [-0.2, 0) is 68.7 Å². The van der Waals surface area contributed by atoms with Crippen molar-refractivity contribution < 1.29 is 77.6 Å². The molecule has 0 aliphatic carbocycles. The Balaban J connectivity index is 3.56. The lowest BCUT2D eigenvalue weighted by molar-refractivity contribution is -0.142. The van der Waals surface area contributed by atoms with Crippen LogP contribution in [0.4, 0.5) is 0 Å². The van der Waals surface area contributed by atoms with Crippen LogP contribution in [0.25, 0.3) is 0 Å². The summed E-state index contributed by atoms with van der Waals surface area (Å²) in [4.78, 5) is 176. The summed E-state index contributed by atoms with van der Waals surface area (Å²) in [7, 11) is 0. The zero-order chi connectivity index (χ0) is 60.3. The number of hydrogen-bond donors (Lipinski definition) is 18. The van der Waals surface area contributed by atoms with Crippen LogP contribution in [0, 0.1) is 11.8 Å². The Morgan fingerprint density at radius 1 is 0.582 bits per heavy atom. The van der Waals surface area contributed by atoms with E-state index in [9.17, 15) is 77.6 Å². The Bertz CT molecular complexity index is 2270. The first-order valence-corrected chi connectivity index (χ1v) is 26.1. The third kappa shape index (κ3) is 24.8. The fourth-order valence-electron chi connectivity index (χ4n) is 7.34. The number of rotatable bonds is 38. The normalized spacial score (nSPS) is 16.0. The number of nitrogens with zero attached hydrogens (tertiary/aromatic N) is 1. The second-order valence-corrected chi connectivity index (χ2v) is 19.3. The van der Waals surface area contributed by atoms with Gasteiger partial charge in [0.15, 0.2) is 0 Å². The SMILES string of the molecule is CC[C@H](C)[C@H](NC(=O)[C@H](CCCCN)NC(=O)[C@H](Cc1cnc[nH]1)NC(=O)[C@@H](NC(=O)[C@@H](NC(=O)[C@H](C)NC(=O)[C@@H](N)CC(N)=O)[C@@H](C)O)[C@@H](C)CC)C(=O)N[C@@H](CC(N)=O)C(=O)N[C@@H](CCC(=O)O)C(=O)N[C@@H](CS)C(=O)O. The van der Waals surface area contributed by atoms with Gasteiger partial charge in [-0.2, -0.15) is 12.6 Å². The molecule has 31 nitrogen and oxygen atoms in total. The van der Waals surface area contributed by atoms with Crippen molar-refractivity contribution in [3.8, 4) is 0 Å². The summed E-state index contributed by atoms with van der Waals surface area (Å²) in [6.45, 7) is 9.14. The number of aromatic amines is 1. The molecule has 0 aliphatic rings. The summed E-state index contributed by atoms with van der Waals surface area (Å²) in [5.41, 5.74) is 22.2. The Morgan fingerprint density at radius 2 is 1.04 bits per heavy atom. The number of unbranched alkanes of at least 4 members (excludes halogenated alkanes) is 1. The zero-order valence-electron chi connectivity index (χ0n) is 45.0. The summed E-state index contributed by atoms with van der Waals surface area (Å²) in [5.74, 6) is -15.6. The molecular weight excluding hydrogens is 1060 g/mol. The lowest BCUT2D eigenvalue weighted by Crippen LogP contribution is -2.63. The van der Waals surface area contributed by atoms with E-state index in [0.29, 0.717) is 12.1 Å². The predicted octanol–water partition coefficient (Wildman–Crippen LogP) is -6.11. The molecule has 0 aromatic carbocycles. The molecule has 0 saturated carbocycles. The number of aromatic nitrogens is 2. The molecule has 0 fully saturated rings. The van der Waals surface area contributed by atoms with Crippen LogP contribution in [0.1, 0.15) is 105 Å². The summed E-state index contributed by atoms with van der Waals surface area (Å²) in [5, 5.41) is 50.9. The third-order valence-electron chi connectivity index (χ3n) is 12.5. The second kappa shape index (κ2) is 35.1. The number of hydrogen-bond acceptors (Lipinski definition) is 18. The van der Waals surface area contributed by atoms with Gasteiger partial charge in [0.2, 0.25) is 65.0 Å². The molecule has 11 amide bonds. The highest BCUT2D eigenvalue weighted by atomic mass is 32.1. The van der Waals surface area contributed by atoms with E-state index in [4.69, 9.17) is 22.9 Å². The molecule has 0 saturated heterocycles. The number of amides is 11. The maximum atomic E-state index is 14.4. The van der Waals surface area contributed by atoms with Gasteiger partial charge in [0.25, 0.3) is 0 Å². The number of nitrogens with two attached hydrogens (primary N) is 4. The number of imidazole rings is 1. The maximum Gasteiger partial charge on any atom is 0.327 e. The van der Waals surface area contributed by atoms with E-state index in [1.54, 1.807) is 27.7 Å². The molecule has 1 aromatic rings. The molecular formula is C47H79N15O16S. The molecule has 0 spiro atoms. The van der Waals surface area contributed by atoms with Crippen molar-refractivity contribution in [2.45, 2.75) is 172 Å². The number of aliphatic hydroxyl groups excluding tert-OH is 1. The lowest BCUT2D eigenvalue weighted by atomic mass is 9.96. The lowest BCUT2D eigenvalue weighted by Gasteiger charge is -2.30. The number of carboxylic acids is 2. The Kier molecular flexibility index (Phi) is 30.9. The monoisotopic (exact) mass is 1140 g/mol. The first-order chi connectivity index (χ1) is 37.0. The number of primary amides is 2. The first kappa shape index (κ1) is 69.6. The highest BCUT2D eigenvalue weighted by Gasteiger charge is 2.38. The molecule has 0 aliphatic heterocycles. The van der Waals surface area contributed by atoms with E-state index >= 15 is 0 Å². The van der Waals surface area contributed by atoms with E-state index < -0.39 is 181 Å². The minimum absolute atomic E-state index is 0.0721. The molecule has 1 rings (SSSR count). The van der Waals surface area contributed by atoms with Gasteiger partial charge in [0, 0.05) is 30.5 Å². The Labute approximate surface area is 461 Å². The van der Waals surface area contributed by atoms with Gasteiger partial charge in [-0.1, -0.05) is 40.5 Å². The maximum absolute atomic E-state index is 14.4. The van der Waals surface area contributed by atoms with E-state index in [2.05, 4.69) is 70.4 Å². The first-order valence-electron chi connectivity index (χ1n) is 25.5. The molecule has 32 heteroatoms. The van der Waals surface area contributed by atoms with Crippen molar-refractivity contribution in [1.82, 2.24) is 57.8 Å². The van der Waals surface area contributed by atoms with Crippen LogP contribution in [0.2, 0.25) is 0 Å². The minimum atomic E-state index is -1.83. The second-order valence-electron chi connectivity index (χ2n) is 19.0. The molecule has 0 bridgehead atoms. The van der Waals surface area contributed by atoms with Crippen molar-refractivity contribution in [2.24, 2.45) is 34.8 Å². The van der Waals surface area contributed by atoms with Crippen molar-refractivity contribution in [3.05, 3.63) is 18.2 Å². The van der Waals surface area contributed by atoms with Crippen molar-refractivity contribution in [2.75, 3.05) is 12.3 Å². The number of nitrogens with one attached hydrogen (secondary N) is 10. The highest BCUT2D eigenvalue weighted by Crippen LogP contribution is 2.14. The van der Waals surface area contributed by atoms with Gasteiger partial charge in [-0.15, -0.1) is 0 Å². The quantitative estimate of drug-likeness (QED) is 0.0216. The van der Waals surface area contributed by atoms with Gasteiger partial charge in [-0.05, 0) is 57.9 Å². The van der Waals surface area contributed by atoms with Crippen LogP contribution in [0.5, 0.6) is 0 Å². The van der Waals surface area contributed by atoms with Gasteiger partial charge in [0.05, 0.1) is 31.3 Å². The molecule has 21 N–H and O–H groups in total. The van der Waals surface area contributed by atoms with Gasteiger partial charge in [-0.25, -0.2) is 9.78 Å². The zero-order valence-corrected chi connectivity index (χ0v) is 45.9. The predicted molar refractivity (Wildman–Crippen MR) is 283 cm³/mol.